The van der Waals surface area contributed by atoms with Crippen molar-refractivity contribution in [1.29, 1.82) is 0 Å². The predicted octanol–water partition coefficient (Wildman–Crippen LogP) is 1.18. The number of aromatic carboxylic acids is 1. The summed E-state index contributed by atoms with van der Waals surface area (Å²) in [6, 6.07) is 0. The summed E-state index contributed by atoms with van der Waals surface area (Å²) in [4.78, 5) is 18.3. The molecule has 0 aliphatic rings. The molecule has 2 N–H and O–H groups in total. The summed E-state index contributed by atoms with van der Waals surface area (Å²) >= 11 is 0. The van der Waals surface area contributed by atoms with Crippen LogP contribution in [0.1, 0.15) is 16.9 Å². The highest BCUT2D eigenvalue weighted by Crippen LogP contribution is 2.01. The number of carbonyl (C=O) groups is 1. The molecule has 0 bridgehead atoms. The molecule has 1 heterocycles. The molecular weight excluding hydrogens is 222 g/mol. The van der Waals surface area contributed by atoms with Crippen LogP contribution in [0.15, 0.2) is 25.0 Å². The van der Waals surface area contributed by atoms with Gasteiger partial charge in [0.25, 0.3) is 0 Å². The normalized spacial score (nSPS) is 9.88. The average molecular weight is 237 g/mol. The molecule has 0 amide bonds. The van der Waals surface area contributed by atoms with Crippen molar-refractivity contribution in [3.05, 3.63) is 30.7 Å². The van der Waals surface area contributed by atoms with E-state index in [-0.39, 0.29) is 5.69 Å². The largest absolute Gasteiger partial charge is 0.476 e. The number of carboxylic acid groups (broad SMARTS) is 1. The van der Waals surface area contributed by atoms with Crippen molar-refractivity contribution in [1.82, 2.24) is 9.97 Å². The van der Waals surface area contributed by atoms with Crippen molar-refractivity contribution < 1.29 is 14.6 Å². The maximum absolute atomic E-state index is 10.6. The molecule has 0 saturated heterocycles. The van der Waals surface area contributed by atoms with E-state index in [0.29, 0.717) is 25.6 Å². The Morgan fingerprint density at radius 3 is 3.06 bits per heavy atom. The van der Waals surface area contributed by atoms with Gasteiger partial charge in [0.05, 0.1) is 25.6 Å². The molecule has 0 aliphatic heterocycles. The standard InChI is InChI=1S/C11H15N3O3/c1-2-3-5-17-6-4-13-10-8-12-7-9(14-10)11(15)16/h2,7-8H,1,3-6H2,(H,13,14)(H,15,16). The molecule has 0 atom stereocenters. The van der Waals surface area contributed by atoms with Crippen LogP contribution in [0.5, 0.6) is 0 Å². The van der Waals surface area contributed by atoms with Gasteiger partial charge in [-0.2, -0.15) is 0 Å². The molecule has 0 saturated carbocycles. The summed E-state index contributed by atoms with van der Waals surface area (Å²) in [5.41, 5.74) is -0.0809. The first kappa shape index (κ1) is 13.1. The smallest absolute Gasteiger partial charge is 0.356 e. The number of hydrogen-bond acceptors (Lipinski definition) is 5. The predicted molar refractivity (Wildman–Crippen MR) is 63.1 cm³/mol. The van der Waals surface area contributed by atoms with Gasteiger partial charge in [0.2, 0.25) is 0 Å². The highest BCUT2D eigenvalue weighted by atomic mass is 16.5. The Morgan fingerprint density at radius 2 is 2.35 bits per heavy atom. The lowest BCUT2D eigenvalue weighted by Gasteiger charge is -2.05. The average Bonchev–Trinajstić information content (AvgIpc) is 2.34. The van der Waals surface area contributed by atoms with Gasteiger partial charge in [-0.05, 0) is 6.42 Å². The second-order valence-electron chi connectivity index (χ2n) is 3.21. The highest BCUT2D eigenvalue weighted by molar-refractivity contribution is 5.85. The van der Waals surface area contributed by atoms with E-state index >= 15 is 0 Å². The molecule has 92 valence electrons. The summed E-state index contributed by atoms with van der Waals surface area (Å²) in [5.74, 6) is -0.666. The zero-order chi connectivity index (χ0) is 12.5. The molecule has 0 fully saturated rings. The SMILES string of the molecule is C=CCCOCCNc1cncc(C(=O)O)n1. The van der Waals surface area contributed by atoms with Crippen LogP contribution >= 0.6 is 0 Å². The molecule has 1 aromatic rings. The summed E-state index contributed by atoms with van der Waals surface area (Å²) < 4.78 is 5.28. The second kappa shape index (κ2) is 7.34. The van der Waals surface area contributed by atoms with Gasteiger partial charge < -0.3 is 15.2 Å². The molecule has 0 spiro atoms. The fourth-order valence-electron chi connectivity index (χ4n) is 1.07. The lowest BCUT2D eigenvalue weighted by Crippen LogP contribution is -2.12. The number of carboxylic acids is 1. The molecule has 0 unspecified atom stereocenters. The third-order valence-corrected chi connectivity index (χ3v) is 1.87. The van der Waals surface area contributed by atoms with E-state index in [1.54, 1.807) is 6.08 Å². The van der Waals surface area contributed by atoms with Crippen LogP contribution in [0, 0.1) is 0 Å². The van der Waals surface area contributed by atoms with Crippen molar-refractivity contribution in [3.8, 4) is 0 Å². The van der Waals surface area contributed by atoms with Crippen LogP contribution in [0.2, 0.25) is 0 Å². The minimum absolute atomic E-state index is 0.0809. The molecule has 0 aliphatic carbocycles. The molecule has 6 nitrogen and oxygen atoms in total. The number of rotatable bonds is 8. The first-order valence-electron chi connectivity index (χ1n) is 5.22. The molecule has 0 radical (unpaired) electrons. The summed E-state index contributed by atoms with van der Waals surface area (Å²) in [6.45, 7) is 5.28. The van der Waals surface area contributed by atoms with Gasteiger partial charge in [-0.25, -0.2) is 9.78 Å². The van der Waals surface area contributed by atoms with Crippen molar-refractivity contribution in [3.63, 3.8) is 0 Å². The molecule has 1 rings (SSSR count). The number of ether oxygens (including phenoxy) is 1. The minimum Gasteiger partial charge on any atom is -0.476 e. The van der Waals surface area contributed by atoms with E-state index in [2.05, 4.69) is 21.9 Å². The molecule has 6 heteroatoms. The summed E-state index contributed by atoms with van der Waals surface area (Å²) in [7, 11) is 0. The van der Waals surface area contributed by atoms with Crippen LogP contribution in [0.25, 0.3) is 0 Å². The van der Waals surface area contributed by atoms with Gasteiger partial charge >= 0.3 is 5.97 Å². The van der Waals surface area contributed by atoms with Gasteiger partial charge in [0, 0.05) is 6.54 Å². The van der Waals surface area contributed by atoms with E-state index in [1.165, 1.54) is 12.4 Å². The van der Waals surface area contributed by atoms with Crippen molar-refractivity contribution in [2.45, 2.75) is 6.42 Å². The Bertz CT molecular complexity index is 382. The quantitative estimate of drug-likeness (QED) is 0.521. The van der Waals surface area contributed by atoms with E-state index < -0.39 is 5.97 Å². The number of aromatic nitrogens is 2. The van der Waals surface area contributed by atoms with Crippen molar-refractivity contribution in [2.24, 2.45) is 0 Å². The van der Waals surface area contributed by atoms with Crippen molar-refractivity contribution >= 4 is 11.8 Å². The van der Waals surface area contributed by atoms with Crippen LogP contribution < -0.4 is 5.32 Å². The fourth-order valence-corrected chi connectivity index (χ4v) is 1.07. The van der Waals surface area contributed by atoms with Crippen LogP contribution in [-0.4, -0.2) is 40.8 Å². The van der Waals surface area contributed by atoms with Crippen molar-refractivity contribution in [2.75, 3.05) is 25.1 Å². The second-order valence-corrected chi connectivity index (χ2v) is 3.21. The summed E-state index contributed by atoms with van der Waals surface area (Å²) in [5, 5.41) is 11.6. The van der Waals surface area contributed by atoms with Crippen LogP contribution in [0.3, 0.4) is 0 Å². The zero-order valence-electron chi connectivity index (χ0n) is 9.43. The van der Waals surface area contributed by atoms with E-state index in [0.717, 1.165) is 6.42 Å². The van der Waals surface area contributed by atoms with E-state index in [1.807, 2.05) is 0 Å². The first-order chi connectivity index (χ1) is 8.24. The van der Waals surface area contributed by atoms with Crippen LogP contribution in [0.4, 0.5) is 5.82 Å². The third kappa shape index (κ3) is 5.07. The lowest BCUT2D eigenvalue weighted by molar-refractivity contribution is 0.0690. The number of nitrogens with zero attached hydrogens (tertiary/aromatic N) is 2. The highest BCUT2D eigenvalue weighted by Gasteiger charge is 2.05. The topological polar surface area (TPSA) is 84.3 Å². The van der Waals surface area contributed by atoms with Crippen LogP contribution in [-0.2, 0) is 4.74 Å². The Kier molecular flexibility index (Phi) is 5.67. The van der Waals surface area contributed by atoms with Gasteiger partial charge in [-0.1, -0.05) is 6.08 Å². The number of hydrogen-bond donors (Lipinski definition) is 2. The van der Waals surface area contributed by atoms with Gasteiger partial charge in [-0.3, -0.25) is 4.98 Å². The third-order valence-electron chi connectivity index (χ3n) is 1.87. The Balaban J connectivity index is 2.29. The number of nitrogens with one attached hydrogen (secondary N) is 1. The lowest BCUT2D eigenvalue weighted by atomic mass is 10.4. The Morgan fingerprint density at radius 1 is 1.53 bits per heavy atom. The van der Waals surface area contributed by atoms with E-state index in [9.17, 15) is 4.79 Å². The summed E-state index contributed by atoms with van der Waals surface area (Å²) in [6.07, 6.45) is 5.27. The fraction of sp³-hybridized carbons (Fsp3) is 0.364. The number of anilines is 1. The maximum Gasteiger partial charge on any atom is 0.356 e. The molecular formula is C11H15N3O3. The van der Waals surface area contributed by atoms with Gasteiger partial charge in [0.1, 0.15) is 5.82 Å². The molecule has 1 aromatic heterocycles. The van der Waals surface area contributed by atoms with Gasteiger partial charge in [-0.15, -0.1) is 6.58 Å². The Labute approximate surface area is 99.4 Å². The monoisotopic (exact) mass is 237 g/mol. The Hall–Kier alpha value is -1.95. The first-order valence-corrected chi connectivity index (χ1v) is 5.22. The van der Waals surface area contributed by atoms with E-state index in [4.69, 9.17) is 9.84 Å². The van der Waals surface area contributed by atoms with Gasteiger partial charge in [0.15, 0.2) is 5.69 Å². The molecule has 17 heavy (non-hydrogen) atoms. The zero-order valence-corrected chi connectivity index (χ0v) is 9.43. The maximum atomic E-state index is 10.6. The molecule has 0 aromatic carbocycles. The minimum atomic E-state index is -1.09.